The van der Waals surface area contributed by atoms with E-state index in [1.54, 1.807) is 0 Å². The fourth-order valence-corrected chi connectivity index (χ4v) is 4.47. The summed E-state index contributed by atoms with van der Waals surface area (Å²) in [5, 5.41) is 3.62. The molecule has 1 aromatic heterocycles. The summed E-state index contributed by atoms with van der Waals surface area (Å²) >= 11 is 0. The summed E-state index contributed by atoms with van der Waals surface area (Å²) in [6, 6.07) is 0.537. The Morgan fingerprint density at radius 3 is 2.80 bits per heavy atom. The second kappa shape index (κ2) is 5.88. The Labute approximate surface area is 123 Å². The molecule has 1 atom stereocenters. The lowest BCUT2D eigenvalue weighted by atomic mass is 9.78. The molecular weight excluding hydrogens is 246 g/mol. The van der Waals surface area contributed by atoms with Crippen molar-refractivity contribution in [2.75, 3.05) is 6.54 Å². The van der Waals surface area contributed by atoms with Crippen LogP contribution in [0.25, 0.3) is 0 Å². The van der Waals surface area contributed by atoms with Crippen molar-refractivity contribution in [2.24, 2.45) is 11.3 Å². The van der Waals surface area contributed by atoms with Crippen LogP contribution in [-0.4, -0.2) is 16.1 Å². The highest BCUT2D eigenvalue weighted by Gasteiger charge is 2.35. The van der Waals surface area contributed by atoms with Gasteiger partial charge in [0.25, 0.3) is 0 Å². The number of nitrogens with one attached hydrogen (secondary N) is 1. The predicted octanol–water partition coefficient (Wildman–Crippen LogP) is 3.91. The number of hydrogen-bond donors (Lipinski definition) is 1. The van der Waals surface area contributed by atoms with Crippen LogP contribution in [0.1, 0.15) is 70.5 Å². The first kappa shape index (κ1) is 14.1. The average Bonchev–Trinajstić information content (AvgIpc) is 3.09. The van der Waals surface area contributed by atoms with Gasteiger partial charge in [-0.05, 0) is 50.0 Å². The van der Waals surface area contributed by atoms with Crippen LogP contribution in [0.15, 0.2) is 12.5 Å². The van der Waals surface area contributed by atoms with Crippen LogP contribution >= 0.6 is 0 Å². The summed E-state index contributed by atoms with van der Waals surface area (Å²) in [4.78, 5) is 4.44. The minimum absolute atomic E-state index is 0.530. The Kier molecular flexibility index (Phi) is 4.16. The van der Waals surface area contributed by atoms with Gasteiger partial charge in [-0.25, -0.2) is 4.98 Å². The molecule has 1 saturated carbocycles. The Bertz CT molecular complexity index is 423. The van der Waals surface area contributed by atoms with Crippen LogP contribution in [0.4, 0.5) is 0 Å². The maximum Gasteiger partial charge on any atom is 0.0948 e. The molecule has 1 N–H and O–H groups in total. The third-order valence-electron chi connectivity index (χ3n) is 5.17. The normalized spacial score (nSPS) is 25.6. The molecule has 112 valence electrons. The molecule has 1 aromatic rings. The van der Waals surface area contributed by atoms with E-state index in [9.17, 15) is 0 Å². The van der Waals surface area contributed by atoms with Crippen LogP contribution in [0.2, 0.25) is 0 Å². The van der Waals surface area contributed by atoms with Crippen LogP contribution in [0, 0.1) is 11.3 Å². The zero-order valence-corrected chi connectivity index (χ0v) is 13.1. The molecule has 20 heavy (non-hydrogen) atoms. The van der Waals surface area contributed by atoms with Crippen molar-refractivity contribution in [3.63, 3.8) is 0 Å². The van der Waals surface area contributed by atoms with Gasteiger partial charge in [0.15, 0.2) is 0 Å². The highest BCUT2D eigenvalue weighted by molar-refractivity contribution is 5.08. The minimum atomic E-state index is 0.530. The number of rotatable bonds is 5. The van der Waals surface area contributed by atoms with Crippen molar-refractivity contribution < 1.29 is 0 Å². The highest BCUT2D eigenvalue weighted by atomic mass is 15.1. The Hall–Kier alpha value is -0.830. The molecule has 3 heteroatoms. The maximum atomic E-state index is 4.44. The first-order valence-electron chi connectivity index (χ1n) is 8.42. The Morgan fingerprint density at radius 1 is 1.35 bits per heavy atom. The number of nitrogens with zero attached hydrogens (tertiary/aromatic N) is 2. The van der Waals surface area contributed by atoms with E-state index in [0.29, 0.717) is 11.5 Å². The van der Waals surface area contributed by atoms with Gasteiger partial charge in [-0.15, -0.1) is 0 Å². The van der Waals surface area contributed by atoms with Gasteiger partial charge in [-0.2, -0.15) is 0 Å². The summed E-state index contributed by atoms with van der Waals surface area (Å²) in [5.74, 6) is 0.796. The molecule has 0 aromatic carbocycles. The van der Waals surface area contributed by atoms with E-state index in [0.717, 1.165) is 12.5 Å². The third kappa shape index (κ3) is 2.93. The zero-order chi connectivity index (χ0) is 14.0. The molecule has 3 nitrogen and oxygen atoms in total. The van der Waals surface area contributed by atoms with Gasteiger partial charge in [0, 0.05) is 18.8 Å². The summed E-state index contributed by atoms with van der Waals surface area (Å²) in [7, 11) is 0. The van der Waals surface area contributed by atoms with E-state index in [-0.39, 0.29) is 0 Å². The van der Waals surface area contributed by atoms with Crippen molar-refractivity contribution in [3.05, 3.63) is 18.2 Å². The smallest absolute Gasteiger partial charge is 0.0948 e. The molecule has 0 bridgehead atoms. The predicted molar refractivity (Wildman–Crippen MR) is 82.6 cm³/mol. The van der Waals surface area contributed by atoms with Crippen molar-refractivity contribution in [1.82, 2.24) is 14.9 Å². The average molecular weight is 275 g/mol. The first-order valence-corrected chi connectivity index (χ1v) is 8.42. The van der Waals surface area contributed by atoms with Gasteiger partial charge in [0.1, 0.15) is 0 Å². The monoisotopic (exact) mass is 275 g/mol. The number of hydrogen-bond acceptors (Lipinski definition) is 2. The lowest BCUT2D eigenvalue weighted by Crippen LogP contribution is -2.27. The lowest BCUT2D eigenvalue weighted by Gasteiger charge is -2.32. The maximum absolute atomic E-state index is 4.44. The van der Waals surface area contributed by atoms with E-state index in [1.165, 1.54) is 57.2 Å². The summed E-state index contributed by atoms with van der Waals surface area (Å²) in [5.41, 5.74) is 1.94. The largest absolute Gasteiger partial charge is 0.333 e. The second-order valence-corrected chi connectivity index (χ2v) is 7.40. The Balaban J connectivity index is 1.77. The molecule has 1 saturated heterocycles. The number of imidazole rings is 1. The van der Waals surface area contributed by atoms with Crippen molar-refractivity contribution >= 4 is 0 Å². The molecule has 2 aliphatic rings. The molecule has 1 aliphatic heterocycles. The third-order valence-corrected chi connectivity index (χ3v) is 5.17. The fraction of sp³-hybridized carbons (Fsp3) is 0.824. The lowest BCUT2D eigenvalue weighted by molar-refractivity contribution is 0.194. The van der Waals surface area contributed by atoms with Gasteiger partial charge in [-0.1, -0.05) is 26.7 Å². The first-order chi connectivity index (χ1) is 9.69. The van der Waals surface area contributed by atoms with Crippen molar-refractivity contribution in [2.45, 2.75) is 71.4 Å². The van der Waals surface area contributed by atoms with Gasteiger partial charge >= 0.3 is 0 Å². The minimum Gasteiger partial charge on any atom is -0.333 e. The summed E-state index contributed by atoms with van der Waals surface area (Å²) < 4.78 is 2.46. The molecule has 3 rings (SSSR count). The van der Waals surface area contributed by atoms with E-state index in [2.05, 4.69) is 41.2 Å². The summed E-state index contributed by atoms with van der Waals surface area (Å²) in [6.07, 6.45) is 13.7. The van der Waals surface area contributed by atoms with Gasteiger partial charge < -0.3 is 9.88 Å². The fourth-order valence-electron chi connectivity index (χ4n) is 4.47. The molecule has 0 spiro atoms. The molecule has 2 fully saturated rings. The van der Waals surface area contributed by atoms with Crippen molar-refractivity contribution in [3.8, 4) is 0 Å². The second-order valence-electron chi connectivity index (χ2n) is 7.40. The van der Waals surface area contributed by atoms with Crippen LogP contribution < -0.4 is 5.32 Å². The van der Waals surface area contributed by atoms with Crippen LogP contribution in [0.3, 0.4) is 0 Å². The quantitative estimate of drug-likeness (QED) is 0.883. The molecule has 0 radical (unpaired) electrons. The van der Waals surface area contributed by atoms with Gasteiger partial charge in [0.05, 0.1) is 12.0 Å². The summed E-state index contributed by atoms with van der Waals surface area (Å²) in [6.45, 7) is 7.08. The van der Waals surface area contributed by atoms with Gasteiger partial charge in [0.2, 0.25) is 0 Å². The number of aromatic nitrogens is 2. The van der Waals surface area contributed by atoms with Crippen molar-refractivity contribution in [1.29, 1.82) is 0 Å². The molecule has 2 heterocycles. The van der Waals surface area contributed by atoms with Crippen LogP contribution in [-0.2, 0) is 6.54 Å². The SMILES string of the molecule is CC(C)CC1(Cn2cncc2[C@@H]2CCCN2)CCCC1. The molecule has 0 unspecified atom stereocenters. The Morgan fingerprint density at radius 2 is 2.15 bits per heavy atom. The molecule has 1 aliphatic carbocycles. The molecular formula is C17H29N3. The van der Waals surface area contributed by atoms with E-state index in [1.807, 2.05) is 0 Å². The van der Waals surface area contributed by atoms with Crippen LogP contribution in [0.5, 0.6) is 0 Å². The highest BCUT2D eigenvalue weighted by Crippen LogP contribution is 2.45. The van der Waals surface area contributed by atoms with E-state index >= 15 is 0 Å². The zero-order valence-electron chi connectivity index (χ0n) is 13.1. The van der Waals surface area contributed by atoms with E-state index in [4.69, 9.17) is 0 Å². The van der Waals surface area contributed by atoms with Gasteiger partial charge in [-0.3, -0.25) is 0 Å². The topological polar surface area (TPSA) is 29.9 Å². The standard InChI is InChI=1S/C17H29N3/c1-14(2)10-17(7-3-4-8-17)12-20-13-18-11-16(20)15-6-5-9-19-15/h11,13-15,19H,3-10,12H2,1-2H3/t15-/m0/s1. The molecule has 0 amide bonds. The van der Waals surface area contributed by atoms with E-state index < -0.39 is 0 Å².